The SMILES string of the molecule is CC1(C)C[C@@H]2CCCNc3cccc(n3)S(=O)(=O)NC(=O)c3ccc(-n4ccc(OCCC5CCCCC56CC6)n4)nc3N1C2. The highest BCUT2D eigenvalue weighted by Crippen LogP contribution is 2.60. The molecule has 4 bridgehead atoms. The number of amides is 1. The van der Waals surface area contributed by atoms with Crippen molar-refractivity contribution in [2.24, 2.45) is 17.3 Å². The van der Waals surface area contributed by atoms with E-state index in [1.54, 1.807) is 28.9 Å². The Bertz CT molecular complexity index is 1680. The van der Waals surface area contributed by atoms with Crippen molar-refractivity contribution in [3.63, 3.8) is 0 Å². The van der Waals surface area contributed by atoms with Gasteiger partial charge in [0.25, 0.3) is 15.9 Å². The van der Waals surface area contributed by atoms with Crippen LogP contribution in [0.4, 0.5) is 11.6 Å². The molecule has 12 heteroatoms. The highest BCUT2D eigenvalue weighted by molar-refractivity contribution is 7.90. The number of anilines is 2. The predicted molar refractivity (Wildman–Crippen MR) is 171 cm³/mol. The third kappa shape index (κ3) is 6.13. The molecule has 0 radical (unpaired) electrons. The molecule has 1 spiro atoms. The Morgan fingerprint density at radius 3 is 2.73 bits per heavy atom. The number of carbonyl (C=O) groups is 1. The lowest BCUT2D eigenvalue weighted by Gasteiger charge is -2.34. The van der Waals surface area contributed by atoms with Crippen LogP contribution in [0.1, 0.15) is 88.4 Å². The van der Waals surface area contributed by atoms with Gasteiger partial charge in [-0.25, -0.2) is 19.4 Å². The van der Waals surface area contributed by atoms with Gasteiger partial charge in [-0.1, -0.05) is 18.9 Å². The summed E-state index contributed by atoms with van der Waals surface area (Å²) in [6.07, 6.45) is 13.8. The molecule has 0 aromatic carbocycles. The van der Waals surface area contributed by atoms with Crippen LogP contribution in [0.2, 0.25) is 0 Å². The summed E-state index contributed by atoms with van der Waals surface area (Å²) in [6.45, 7) is 6.32. The zero-order valence-corrected chi connectivity index (χ0v) is 27.0. The molecule has 3 fully saturated rings. The topological polar surface area (TPSA) is 131 Å². The number of hydrogen-bond donors (Lipinski definition) is 2. The van der Waals surface area contributed by atoms with Gasteiger partial charge in [-0.15, -0.1) is 5.10 Å². The molecule has 2 saturated carbocycles. The molecule has 240 valence electrons. The maximum Gasteiger partial charge on any atom is 0.281 e. The fourth-order valence-corrected chi connectivity index (χ4v) is 8.80. The van der Waals surface area contributed by atoms with Crippen molar-refractivity contribution < 1.29 is 17.9 Å². The number of aromatic nitrogens is 4. The van der Waals surface area contributed by atoms with E-state index >= 15 is 0 Å². The van der Waals surface area contributed by atoms with Gasteiger partial charge < -0.3 is 15.0 Å². The summed E-state index contributed by atoms with van der Waals surface area (Å²) in [5, 5.41) is 7.67. The summed E-state index contributed by atoms with van der Waals surface area (Å²) >= 11 is 0. The number of carbonyl (C=O) groups excluding carboxylic acids is 1. The van der Waals surface area contributed by atoms with Gasteiger partial charge in [0.05, 0.1) is 12.2 Å². The molecule has 4 aliphatic rings. The quantitative estimate of drug-likeness (QED) is 0.383. The second kappa shape index (κ2) is 11.6. The maximum absolute atomic E-state index is 13.6. The van der Waals surface area contributed by atoms with Gasteiger partial charge in [0.15, 0.2) is 10.8 Å². The van der Waals surface area contributed by atoms with Crippen molar-refractivity contribution >= 4 is 27.6 Å². The number of nitrogens with one attached hydrogen (secondary N) is 2. The van der Waals surface area contributed by atoms with Crippen LogP contribution in [0.25, 0.3) is 5.82 Å². The Morgan fingerprint density at radius 1 is 1.02 bits per heavy atom. The molecule has 1 amide bonds. The van der Waals surface area contributed by atoms with Crippen LogP contribution in [-0.2, 0) is 10.0 Å². The zero-order chi connectivity index (χ0) is 31.2. The van der Waals surface area contributed by atoms with Gasteiger partial charge in [-0.3, -0.25) is 4.79 Å². The summed E-state index contributed by atoms with van der Waals surface area (Å²) in [6, 6.07) is 9.90. The van der Waals surface area contributed by atoms with Crippen molar-refractivity contribution in [3.8, 4) is 11.7 Å². The van der Waals surface area contributed by atoms with E-state index < -0.39 is 15.9 Å². The highest BCUT2D eigenvalue weighted by Gasteiger charge is 2.49. The van der Waals surface area contributed by atoms with E-state index in [0.29, 0.717) is 54.4 Å². The third-order valence-electron chi connectivity index (χ3n) is 10.4. The minimum atomic E-state index is -4.22. The normalized spacial score (nSPS) is 24.9. The minimum Gasteiger partial charge on any atom is -0.477 e. The number of pyridine rings is 2. The minimum absolute atomic E-state index is 0.185. The number of hydrogen-bond acceptors (Lipinski definition) is 9. The maximum atomic E-state index is 13.6. The Labute approximate surface area is 265 Å². The summed E-state index contributed by atoms with van der Waals surface area (Å²) in [7, 11) is -4.22. The molecular formula is C33H43N7O4S. The van der Waals surface area contributed by atoms with E-state index in [9.17, 15) is 13.2 Å². The highest BCUT2D eigenvalue weighted by atomic mass is 32.2. The summed E-state index contributed by atoms with van der Waals surface area (Å²) in [4.78, 5) is 25.0. The average molecular weight is 634 g/mol. The molecule has 2 aliphatic carbocycles. The number of rotatable bonds is 5. The summed E-state index contributed by atoms with van der Waals surface area (Å²) in [5.41, 5.74) is 0.479. The van der Waals surface area contributed by atoms with Gasteiger partial charge >= 0.3 is 0 Å². The van der Waals surface area contributed by atoms with E-state index in [2.05, 4.69) is 38.9 Å². The lowest BCUT2D eigenvalue weighted by atomic mass is 9.75. The molecule has 3 aromatic rings. The van der Waals surface area contributed by atoms with Gasteiger partial charge in [-0.2, -0.15) is 8.42 Å². The van der Waals surface area contributed by atoms with Crippen LogP contribution in [0, 0.1) is 17.3 Å². The molecule has 11 nitrogen and oxygen atoms in total. The van der Waals surface area contributed by atoms with Gasteiger partial charge in [0.1, 0.15) is 11.6 Å². The predicted octanol–water partition coefficient (Wildman–Crippen LogP) is 5.33. The summed E-state index contributed by atoms with van der Waals surface area (Å²) < 4.78 is 36.5. The van der Waals surface area contributed by atoms with Crippen molar-refractivity contribution in [2.45, 2.75) is 88.6 Å². The molecule has 2 atom stereocenters. The zero-order valence-electron chi connectivity index (χ0n) is 26.2. The van der Waals surface area contributed by atoms with Crippen LogP contribution in [0.3, 0.4) is 0 Å². The Kier molecular flexibility index (Phi) is 7.74. The van der Waals surface area contributed by atoms with E-state index in [4.69, 9.17) is 9.72 Å². The summed E-state index contributed by atoms with van der Waals surface area (Å²) in [5.74, 6) is 2.36. The molecule has 1 unspecified atom stereocenters. The fourth-order valence-electron chi connectivity index (χ4n) is 7.87. The lowest BCUT2D eigenvalue weighted by Crippen LogP contribution is -2.41. The molecule has 45 heavy (non-hydrogen) atoms. The first kappa shape index (κ1) is 30.0. The number of fused-ring (bicyclic) bond motifs is 6. The van der Waals surface area contributed by atoms with Crippen molar-refractivity contribution in [1.82, 2.24) is 24.5 Å². The smallest absolute Gasteiger partial charge is 0.281 e. The van der Waals surface area contributed by atoms with E-state index in [-0.39, 0.29) is 16.1 Å². The van der Waals surface area contributed by atoms with Crippen molar-refractivity contribution in [2.75, 3.05) is 29.9 Å². The Morgan fingerprint density at radius 2 is 1.89 bits per heavy atom. The first-order valence-corrected chi connectivity index (χ1v) is 17.9. The Balaban J connectivity index is 1.16. The van der Waals surface area contributed by atoms with Gasteiger partial charge in [0.2, 0.25) is 5.88 Å². The van der Waals surface area contributed by atoms with E-state index in [0.717, 1.165) is 31.6 Å². The molecule has 5 heterocycles. The van der Waals surface area contributed by atoms with Crippen LogP contribution < -0.4 is 19.7 Å². The molecule has 2 N–H and O–H groups in total. The molecule has 1 saturated heterocycles. The van der Waals surface area contributed by atoms with Crippen LogP contribution in [0.15, 0.2) is 47.6 Å². The van der Waals surface area contributed by atoms with Crippen LogP contribution in [0.5, 0.6) is 5.88 Å². The second-order valence-electron chi connectivity index (χ2n) is 13.9. The molecule has 3 aromatic heterocycles. The van der Waals surface area contributed by atoms with Crippen molar-refractivity contribution in [1.29, 1.82) is 0 Å². The lowest BCUT2D eigenvalue weighted by molar-refractivity contribution is 0.0981. The molecule has 2 aliphatic heterocycles. The van der Waals surface area contributed by atoms with Gasteiger partial charge in [-0.05, 0) is 107 Å². The largest absolute Gasteiger partial charge is 0.477 e. The van der Waals surface area contributed by atoms with Crippen LogP contribution in [-0.4, -0.2) is 59.3 Å². The van der Waals surface area contributed by atoms with Crippen molar-refractivity contribution in [3.05, 3.63) is 48.2 Å². The number of sulfonamides is 1. The standard InChI is InChI=1S/C33H43N7O4S/c1-32(2)21-23-7-6-18-34-26-9-5-10-29(35-26)45(42,43)38-31(41)25-11-12-27(36-30(25)39(32)22-23)40-19-13-28(37-40)44-20-14-24-8-3-4-15-33(24)16-17-33/h5,9-13,19,23-24H,3-4,6-8,14-18,20-22H2,1-2H3,(H,34,35)(H,38,41)/t23-,24?/m0/s1. The number of ether oxygens (including phenoxy) is 1. The van der Waals surface area contributed by atoms with Gasteiger partial charge in [0, 0.05) is 30.9 Å². The van der Waals surface area contributed by atoms with E-state index in [1.165, 1.54) is 44.6 Å². The number of nitrogens with zero attached hydrogens (tertiary/aromatic N) is 5. The second-order valence-corrected chi connectivity index (χ2v) is 15.6. The third-order valence-corrected chi connectivity index (χ3v) is 11.6. The monoisotopic (exact) mass is 633 g/mol. The van der Waals surface area contributed by atoms with E-state index in [1.807, 2.05) is 12.3 Å². The average Bonchev–Trinajstić information content (AvgIpc) is 3.48. The first-order chi connectivity index (χ1) is 21.6. The van der Waals surface area contributed by atoms with Crippen LogP contribution >= 0.6 is 0 Å². The first-order valence-electron chi connectivity index (χ1n) is 16.4. The molecule has 7 rings (SSSR count). The Hall–Kier alpha value is -3.67. The fraction of sp³-hybridized carbons (Fsp3) is 0.576. The molecular weight excluding hydrogens is 590 g/mol.